The van der Waals surface area contributed by atoms with Crippen molar-refractivity contribution in [3.63, 3.8) is 0 Å². The van der Waals surface area contributed by atoms with E-state index in [1.807, 2.05) is 39.2 Å². The molecule has 3 aromatic rings. The van der Waals surface area contributed by atoms with Gasteiger partial charge in [-0.25, -0.2) is 0 Å². The average molecular weight is 307 g/mol. The fourth-order valence-corrected chi connectivity index (χ4v) is 2.57. The number of nitrogens with zero attached hydrogens (tertiary/aromatic N) is 2. The van der Waals surface area contributed by atoms with Crippen LogP contribution < -0.4 is 15.0 Å². The van der Waals surface area contributed by atoms with Crippen LogP contribution in [0.15, 0.2) is 48.5 Å². The van der Waals surface area contributed by atoms with Gasteiger partial charge in [-0.05, 0) is 55.5 Å². The maximum absolute atomic E-state index is 5.34. The van der Waals surface area contributed by atoms with Crippen molar-refractivity contribution in [3.05, 3.63) is 54.2 Å². The van der Waals surface area contributed by atoms with E-state index in [9.17, 15) is 0 Å². The van der Waals surface area contributed by atoms with E-state index in [1.165, 1.54) is 5.69 Å². The molecule has 0 unspecified atom stereocenters. The lowest BCUT2D eigenvalue weighted by Gasteiger charge is -2.15. The number of methoxy groups -OCH3 is 1. The second-order valence-electron chi connectivity index (χ2n) is 5.76. The van der Waals surface area contributed by atoms with E-state index < -0.39 is 0 Å². The Morgan fingerprint density at radius 3 is 2.39 bits per heavy atom. The van der Waals surface area contributed by atoms with Crippen molar-refractivity contribution >= 4 is 28.0 Å². The molecule has 0 amide bonds. The Hall–Kier alpha value is -2.75. The Morgan fingerprint density at radius 2 is 1.74 bits per heavy atom. The van der Waals surface area contributed by atoms with Gasteiger partial charge in [0.1, 0.15) is 5.75 Å². The normalized spacial score (nSPS) is 10.6. The van der Waals surface area contributed by atoms with Crippen LogP contribution in [0, 0.1) is 6.92 Å². The molecule has 1 N–H and O–H groups in total. The number of anilines is 3. The Labute approximate surface area is 136 Å². The number of hydrogen-bond donors (Lipinski definition) is 1. The van der Waals surface area contributed by atoms with Crippen molar-refractivity contribution in [3.8, 4) is 5.75 Å². The lowest BCUT2D eigenvalue weighted by atomic mass is 10.1. The van der Waals surface area contributed by atoms with Crippen molar-refractivity contribution in [2.45, 2.75) is 6.92 Å². The fourth-order valence-electron chi connectivity index (χ4n) is 2.57. The Morgan fingerprint density at radius 1 is 1.00 bits per heavy atom. The van der Waals surface area contributed by atoms with Gasteiger partial charge in [0.2, 0.25) is 0 Å². The highest BCUT2D eigenvalue weighted by atomic mass is 16.5. The summed E-state index contributed by atoms with van der Waals surface area (Å²) in [6.07, 6.45) is 0. The van der Waals surface area contributed by atoms with Crippen LogP contribution in [0.4, 0.5) is 17.1 Å². The zero-order valence-electron chi connectivity index (χ0n) is 13.9. The summed E-state index contributed by atoms with van der Waals surface area (Å²) >= 11 is 0. The minimum Gasteiger partial charge on any atom is -0.497 e. The van der Waals surface area contributed by atoms with E-state index in [0.29, 0.717) is 0 Å². The third-order valence-electron chi connectivity index (χ3n) is 3.81. The Kier molecular flexibility index (Phi) is 4.06. The molecule has 0 atom stereocenters. The molecular weight excluding hydrogens is 286 g/mol. The lowest BCUT2D eigenvalue weighted by Crippen LogP contribution is -2.08. The van der Waals surface area contributed by atoms with Crippen LogP contribution in [0.5, 0.6) is 5.75 Å². The smallest absolute Gasteiger partial charge is 0.119 e. The number of aryl methyl sites for hydroxylation is 1. The fraction of sp³-hybridized carbons (Fsp3) is 0.211. The van der Waals surface area contributed by atoms with E-state index in [2.05, 4.69) is 45.5 Å². The highest BCUT2D eigenvalue weighted by Gasteiger charge is 2.06. The number of fused-ring (bicyclic) bond motifs is 1. The highest BCUT2D eigenvalue weighted by Crippen LogP contribution is 2.30. The van der Waals surface area contributed by atoms with Gasteiger partial charge < -0.3 is 15.0 Å². The van der Waals surface area contributed by atoms with Gasteiger partial charge in [-0.15, -0.1) is 0 Å². The molecule has 0 aliphatic carbocycles. The number of benzene rings is 2. The summed E-state index contributed by atoms with van der Waals surface area (Å²) in [5.74, 6) is 0.828. The molecule has 0 bridgehead atoms. The van der Waals surface area contributed by atoms with Crippen LogP contribution in [0.3, 0.4) is 0 Å². The summed E-state index contributed by atoms with van der Waals surface area (Å²) in [7, 11) is 5.75. The maximum Gasteiger partial charge on any atom is 0.119 e. The van der Waals surface area contributed by atoms with Crippen LogP contribution in [0.1, 0.15) is 5.69 Å². The molecular formula is C19H21N3O. The number of rotatable bonds is 4. The molecule has 4 heteroatoms. The number of pyridine rings is 1. The standard InChI is InChI=1S/C19H21N3O/c1-13-11-19(17-12-16(23-4)9-10-18(17)20-13)21-14-5-7-15(8-6-14)22(2)3/h5-12H,1-4H3,(H,20,21). The quantitative estimate of drug-likeness (QED) is 0.777. The summed E-state index contributed by atoms with van der Waals surface area (Å²) in [5, 5.41) is 4.54. The van der Waals surface area contributed by atoms with Crippen LogP contribution in [0.2, 0.25) is 0 Å². The van der Waals surface area contributed by atoms with Crippen LogP contribution in [-0.2, 0) is 0 Å². The number of aromatic nitrogens is 1. The van der Waals surface area contributed by atoms with Gasteiger partial charge in [0.15, 0.2) is 0 Å². The number of nitrogens with one attached hydrogen (secondary N) is 1. The van der Waals surface area contributed by atoms with Gasteiger partial charge >= 0.3 is 0 Å². The summed E-state index contributed by atoms with van der Waals surface area (Å²) in [6, 6.07) is 16.3. The molecule has 1 heterocycles. The molecule has 118 valence electrons. The SMILES string of the molecule is COc1ccc2nc(C)cc(Nc3ccc(N(C)C)cc3)c2c1. The second-order valence-corrected chi connectivity index (χ2v) is 5.76. The van der Waals surface area contributed by atoms with Crippen LogP contribution in [0.25, 0.3) is 10.9 Å². The summed E-state index contributed by atoms with van der Waals surface area (Å²) in [4.78, 5) is 6.67. The third-order valence-corrected chi connectivity index (χ3v) is 3.81. The zero-order chi connectivity index (χ0) is 16.4. The van der Waals surface area contributed by atoms with Gasteiger partial charge in [0, 0.05) is 42.2 Å². The predicted molar refractivity (Wildman–Crippen MR) is 97.1 cm³/mol. The number of hydrogen-bond acceptors (Lipinski definition) is 4. The highest BCUT2D eigenvalue weighted by molar-refractivity contribution is 5.94. The first-order valence-corrected chi connectivity index (χ1v) is 7.56. The van der Waals surface area contributed by atoms with Crippen LogP contribution in [-0.4, -0.2) is 26.2 Å². The minimum absolute atomic E-state index is 0.828. The van der Waals surface area contributed by atoms with Gasteiger partial charge in [-0.1, -0.05) is 0 Å². The van der Waals surface area contributed by atoms with E-state index in [-0.39, 0.29) is 0 Å². The van der Waals surface area contributed by atoms with Crippen molar-refractivity contribution in [2.24, 2.45) is 0 Å². The van der Waals surface area contributed by atoms with E-state index in [1.54, 1.807) is 7.11 Å². The molecule has 0 fully saturated rings. The van der Waals surface area contributed by atoms with Gasteiger partial charge in [0.05, 0.1) is 12.6 Å². The molecule has 0 saturated heterocycles. The van der Waals surface area contributed by atoms with Crippen molar-refractivity contribution in [1.29, 1.82) is 0 Å². The monoisotopic (exact) mass is 307 g/mol. The van der Waals surface area contributed by atoms with E-state index in [0.717, 1.165) is 33.7 Å². The van der Waals surface area contributed by atoms with Gasteiger partial charge in [-0.3, -0.25) is 4.98 Å². The predicted octanol–water partition coefficient (Wildman–Crippen LogP) is 4.36. The first-order valence-electron chi connectivity index (χ1n) is 7.56. The summed E-state index contributed by atoms with van der Waals surface area (Å²) < 4.78 is 5.34. The van der Waals surface area contributed by atoms with Gasteiger partial charge in [0.25, 0.3) is 0 Å². The first kappa shape index (κ1) is 15.2. The van der Waals surface area contributed by atoms with E-state index >= 15 is 0 Å². The third kappa shape index (κ3) is 3.21. The van der Waals surface area contributed by atoms with Crippen molar-refractivity contribution in [1.82, 2.24) is 4.98 Å². The average Bonchev–Trinajstić information content (AvgIpc) is 2.55. The molecule has 2 aromatic carbocycles. The maximum atomic E-state index is 5.34. The Balaban J connectivity index is 2.01. The molecule has 0 saturated carbocycles. The molecule has 0 spiro atoms. The summed E-state index contributed by atoms with van der Waals surface area (Å²) in [5.41, 5.74) is 5.19. The van der Waals surface area contributed by atoms with E-state index in [4.69, 9.17) is 4.74 Å². The zero-order valence-corrected chi connectivity index (χ0v) is 13.9. The minimum atomic E-state index is 0.828. The summed E-state index contributed by atoms with van der Waals surface area (Å²) in [6.45, 7) is 2.00. The lowest BCUT2D eigenvalue weighted by molar-refractivity contribution is 0.415. The van der Waals surface area contributed by atoms with Crippen molar-refractivity contribution < 1.29 is 4.74 Å². The number of ether oxygens (including phenoxy) is 1. The largest absolute Gasteiger partial charge is 0.497 e. The molecule has 4 nitrogen and oxygen atoms in total. The van der Waals surface area contributed by atoms with Crippen LogP contribution >= 0.6 is 0 Å². The molecule has 0 aliphatic rings. The second kappa shape index (κ2) is 6.16. The topological polar surface area (TPSA) is 37.4 Å². The van der Waals surface area contributed by atoms with Crippen molar-refractivity contribution in [2.75, 3.05) is 31.4 Å². The Bertz CT molecular complexity index is 826. The molecule has 1 aromatic heterocycles. The molecule has 3 rings (SSSR count). The van der Waals surface area contributed by atoms with Gasteiger partial charge in [-0.2, -0.15) is 0 Å². The molecule has 0 radical (unpaired) electrons. The molecule has 23 heavy (non-hydrogen) atoms. The molecule has 0 aliphatic heterocycles. The first-order chi connectivity index (χ1) is 11.1.